The van der Waals surface area contributed by atoms with Crippen LogP contribution in [0.25, 0.3) is 10.9 Å². The van der Waals surface area contributed by atoms with Crippen LogP contribution in [0.4, 0.5) is 5.69 Å². The molecule has 0 bridgehead atoms. The average Bonchev–Trinajstić information content (AvgIpc) is 3.65. The van der Waals surface area contributed by atoms with Crippen LogP contribution in [0, 0.1) is 11.3 Å². The minimum absolute atomic E-state index is 0.0152. The van der Waals surface area contributed by atoms with Gasteiger partial charge in [0.05, 0.1) is 22.8 Å². The number of fused-ring (bicyclic) bond motifs is 1. The minimum Gasteiger partial charge on any atom is -0.359 e. The quantitative estimate of drug-likeness (QED) is 0.222. The van der Waals surface area contributed by atoms with Crippen molar-refractivity contribution in [2.75, 3.05) is 31.5 Å². The zero-order chi connectivity index (χ0) is 29.5. The molecule has 3 aromatic rings. The summed E-state index contributed by atoms with van der Waals surface area (Å²) in [4.78, 5) is 50.4. The lowest BCUT2D eigenvalue weighted by Crippen LogP contribution is -2.49. The third-order valence-corrected chi connectivity index (χ3v) is 7.91. The van der Waals surface area contributed by atoms with E-state index in [-0.39, 0.29) is 36.3 Å². The maximum absolute atomic E-state index is 13.7. The molecule has 2 aromatic heterocycles. The van der Waals surface area contributed by atoms with Crippen molar-refractivity contribution in [2.45, 2.75) is 44.7 Å². The third kappa shape index (κ3) is 6.66. The molecule has 4 N–H and O–H groups in total. The number of H-pyrrole nitrogens is 1. The van der Waals surface area contributed by atoms with Crippen molar-refractivity contribution in [3.05, 3.63) is 70.9 Å². The largest absolute Gasteiger partial charge is 0.359 e. The number of nitrogens with zero attached hydrogens (tertiary/aromatic N) is 4. The topological polar surface area (TPSA) is 146 Å². The molecule has 218 valence electrons. The van der Waals surface area contributed by atoms with E-state index >= 15 is 0 Å². The van der Waals surface area contributed by atoms with Crippen molar-refractivity contribution in [3.8, 4) is 6.07 Å². The number of para-hydroxylation sites is 1. The van der Waals surface area contributed by atoms with Gasteiger partial charge in [0.25, 0.3) is 5.91 Å². The molecule has 1 aromatic carbocycles. The first-order valence-corrected chi connectivity index (χ1v) is 14.5. The highest BCUT2D eigenvalue weighted by Gasteiger charge is 2.31. The third-order valence-electron chi connectivity index (χ3n) is 7.60. The highest BCUT2D eigenvalue weighted by molar-refractivity contribution is 6.36. The molecular formula is C30H33ClN8O3. The van der Waals surface area contributed by atoms with Crippen LogP contribution in [-0.2, 0) is 20.9 Å². The van der Waals surface area contributed by atoms with Crippen LogP contribution in [0.3, 0.4) is 0 Å². The number of rotatable bonds is 9. The van der Waals surface area contributed by atoms with Gasteiger partial charge in [0.15, 0.2) is 5.57 Å². The van der Waals surface area contributed by atoms with Crippen molar-refractivity contribution >= 4 is 45.9 Å². The number of hydrogen-bond acceptors (Lipinski definition) is 7. The van der Waals surface area contributed by atoms with E-state index in [2.05, 4.69) is 25.9 Å². The zero-order valence-corrected chi connectivity index (χ0v) is 23.9. The molecule has 0 spiro atoms. The molecule has 0 aliphatic carbocycles. The highest BCUT2D eigenvalue weighted by atomic mass is 35.5. The Morgan fingerprint density at radius 1 is 1.10 bits per heavy atom. The lowest BCUT2D eigenvalue weighted by molar-refractivity contribution is -0.140. The average molecular weight is 589 g/mol. The number of likely N-dealkylation sites (tertiary alicyclic amines) is 2. The van der Waals surface area contributed by atoms with Gasteiger partial charge in [-0.15, -0.1) is 0 Å². The van der Waals surface area contributed by atoms with E-state index < -0.39 is 11.9 Å². The number of hydrogen-bond donors (Lipinski definition) is 4. The summed E-state index contributed by atoms with van der Waals surface area (Å²) >= 11 is 6.33. The van der Waals surface area contributed by atoms with E-state index in [1.165, 1.54) is 0 Å². The second-order valence-corrected chi connectivity index (χ2v) is 10.8. The number of benzene rings is 1. The van der Waals surface area contributed by atoms with Crippen molar-refractivity contribution < 1.29 is 14.4 Å². The smallest absolute Gasteiger partial charge is 0.265 e. The van der Waals surface area contributed by atoms with Gasteiger partial charge in [0, 0.05) is 50.2 Å². The fourth-order valence-corrected chi connectivity index (χ4v) is 5.53. The Bertz CT molecular complexity index is 1520. The van der Waals surface area contributed by atoms with E-state index in [0.29, 0.717) is 42.3 Å². The first-order chi connectivity index (χ1) is 20.4. The van der Waals surface area contributed by atoms with Gasteiger partial charge >= 0.3 is 0 Å². The van der Waals surface area contributed by atoms with Crippen LogP contribution in [-0.4, -0.2) is 69.7 Å². The first-order valence-electron chi connectivity index (χ1n) is 14.1. The molecule has 5 rings (SSSR count). The molecule has 3 amide bonds. The van der Waals surface area contributed by atoms with Crippen LogP contribution in [0.5, 0.6) is 0 Å². The molecule has 2 aliphatic heterocycles. The monoisotopic (exact) mass is 588 g/mol. The van der Waals surface area contributed by atoms with E-state index in [4.69, 9.17) is 11.6 Å². The Hall–Kier alpha value is -4.56. The number of anilines is 1. The molecule has 1 atom stereocenters. The molecule has 2 saturated heterocycles. The first kappa shape index (κ1) is 29.0. The standard InChI is InChI=1S/C30H33ClN8O3/c31-23-18-34-27-21(23)6-5-8-24(27)36-28(22(16-32)29(41)35-17-20-9-11-33-12-10-20)37-25-7-1-2-15-39(30(25)42)19-26(40)38-13-3-4-14-38/h5-6,8-12,18,25,34,36-37H,1-4,7,13-15,17,19H2,(H,35,41)/b28-22-/t25-/m0/s1. The summed E-state index contributed by atoms with van der Waals surface area (Å²) in [5.74, 6) is -0.814. The van der Waals surface area contributed by atoms with E-state index in [0.717, 1.165) is 36.6 Å². The van der Waals surface area contributed by atoms with Gasteiger partial charge in [-0.25, -0.2) is 0 Å². The number of halogens is 1. The fourth-order valence-electron chi connectivity index (χ4n) is 5.32. The number of carbonyl (C=O) groups excluding carboxylic acids is 3. The van der Waals surface area contributed by atoms with Crippen LogP contribution in [0.2, 0.25) is 5.02 Å². The minimum atomic E-state index is -0.746. The lowest BCUT2D eigenvalue weighted by Gasteiger charge is -2.28. The van der Waals surface area contributed by atoms with Gasteiger partial charge in [0.2, 0.25) is 11.8 Å². The molecule has 12 heteroatoms. The molecule has 2 aliphatic rings. The number of aromatic nitrogens is 2. The van der Waals surface area contributed by atoms with Crippen molar-refractivity contribution in [1.82, 2.24) is 30.4 Å². The van der Waals surface area contributed by atoms with Crippen molar-refractivity contribution in [1.29, 1.82) is 5.26 Å². The summed E-state index contributed by atoms with van der Waals surface area (Å²) < 4.78 is 0. The van der Waals surface area contributed by atoms with Gasteiger partial charge in [-0.2, -0.15) is 5.26 Å². The molecule has 0 unspecified atom stereocenters. The van der Waals surface area contributed by atoms with Crippen LogP contribution in [0.15, 0.2) is 60.3 Å². The predicted octanol–water partition coefficient (Wildman–Crippen LogP) is 3.27. The summed E-state index contributed by atoms with van der Waals surface area (Å²) in [7, 11) is 0. The Labute approximate surface area is 248 Å². The van der Waals surface area contributed by atoms with Crippen molar-refractivity contribution in [2.24, 2.45) is 0 Å². The number of aromatic amines is 1. The van der Waals surface area contributed by atoms with E-state index in [1.807, 2.05) is 12.1 Å². The molecule has 4 heterocycles. The molecule has 11 nitrogen and oxygen atoms in total. The summed E-state index contributed by atoms with van der Waals surface area (Å²) in [6.07, 6.45) is 8.82. The van der Waals surface area contributed by atoms with Crippen molar-refractivity contribution in [3.63, 3.8) is 0 Å². The SMILES string of the molecule is N#C/C(C(=O)NCc1ccncc1)=C(\Nc1cccc2c(Cl)c[nH]c12)N[C@H]1CCCCN(CC(=O)N2CCCC2)C1=O. The summed E-state index contributed by atoms with van der Waals surface area (Å²) in [5.41, 5.74) is 1.86. The summed E-state index contributed by atoms with van der Waals surface area (Å²) in [6, 6.07) is 10.3. The summed E-state index contributed by atoms with van der Waals surface area (Å²) in [5, 5.41) is 20.6. The van der Waals surface area contributed by atoms with Gasteiger partial charge in [-0.05, 0) is 55.9 Å². The molecular weight excluding hydrogens is 556 g/mol. The van der Waals surface area contributed by atoms with Crippen LogP contribution in [0.1, 0.15) is 37.7 Å². The Morgan fingerprint density at radius 2 is 1.86 bits per heavy atom. The number of nitriles is 1. The number of pyridine rings is 1. The lowest BCUT2D eigenvalue weighted by atomic mass is 10.1. The van der Waals surface area contributed by atoms with Gasteiger partial charge in [0.1, 0.15) is 17.9 Å². The zero-order valence-electron chi connectivity index (χ0n) is 23.2. The van der Waals surface area contributed by atoms with Crippen LogP contribution < -0.4 is 16.0 Å². The Morgan fingerprint density at radius 3 is 2.62 bits per heavy atom. The molecule has 0 radical (unpaired) electrons. The Balaban J connectivity index is 1.43. The van der Waals surface area contributed by atoms with Gasteiger partial charge < -0.3 is 30.7 Å². The molecule has 0 saturated carbocycles. The fraction of sp³-hybridized carbons (Fsp3) is 0.367. The number of amides is 3. The van der Waals surface area contributed by atoms with Gasteiger partial charge in [-0.1, -0.05) is 23.7 Å². The van der Waals surface area contributed by atoms with E-state index in [1.54, 1.807) is 52.7 Å². The predicted molar refractivity (Wildman–Crippen MR) is 159 cm³/mol. The highest BCUT2D eigenvalue weighted by Crippen LogP contribution is 2.29. The Kier molecular flexibility index (Phi) is 9.24. The van der Waals surface area contributed by atoms with Crippen LogP contribution >= 0.6 is 11.6 Å². The molecule has 42 heavy (non-hydrogen) atoms. The molecule has 2 fully saturated rings. The van der Waals surface area contributed by atoms with Gasteiger partial charge in [-0.3, -0.25) is 19.4 Å². The number of nitrogens with one attached hydrogen (secondary N) is 4. The second-order valence-electron chi connectivity index (χ2n) is 10.4. The maximum atomic E-state index is 13.7. The normalized spacial score (nSPS) is 17.8. The van der Waals surface area contributed by atoms with E-state index in [9.17, 15) is 19.6 Å². The second kappa shape index (κ2) is 13.4. The maximum Gasteiger partial charge on any atom is 0.265 e. The number of carbonyl (C=O) groups is 3. The summed E-state index contributed by atoms with van der Waals surface area (Å²) in [6.45, 7) is 2.11.